The first-order valence-corrected chi connectivity index (χ1v) is 13.4. The van der Waals surface area contributed by atoms with Crippen molar-refractivity contribution in [3.05, 3.63) is 109 Å². The molecule has 0 fully saturated rings. The fourth-order valence-electron chi connectivity index (χ4n) is 3.38. The van der Waals surface area contributed by atoms with Crippen LogP contribution in [0, 0.1) is 13.8 Å². The molecular formula is C29H32O7S5. The van der Waals surface area contributed by atoms with Gasteiger partial charge < -0.3 is 25.8 Å². The van der Waals surface area contributed by atoms with Crippen LogP contribution in [0.25, 0.3) is 21.5 Å². The maximum Gasteiger partial charge on any atom is 0.145 e. The van der Waals surface area contributed by atoms with Crippen molar-refractivity contribution in [2.45, 2.75) is 20.8 Å². The van der Waals surface area contributed by atoms with Gasteiger partial charge in [0, 0.05) is 80.9 Å². The summed E-state index contributed by atoms with van der Waals surface area (Å²) in [6.45, 7) is 15.5. The summed E-state index contributed by atoms with van der Waals surface area (Å²) in [4.78, 5) is 3.56. The lowest BCUT2D eigenvalue weighted by Gasteiger charge is -2.09. The standard InChI is InChI=1S/2C11H10O2S2.C4H6OS.C3H6O2/c1-7-5-9(12-14)6-8-3-2-4-10(13-15)11(7)8;1-7-8-3-2-4-11(13-15)9(8)5-6-10(7)12-14;1-3-4(2)5-6;1-3(2)5-4/h2*2-6,14-15H,1H3;3,6H,1-2H2;4H,1H2,2H3. The molecule has 7 nitrogen and oxygen atoms in total. The molecule has 4 aromatic carbocycles. The Kier molecular flexibility index (Phi) is 17.0. The lowest BCUT2D eigenvalue weighted by molar-refractivity contribution is -0.201. The van der Waals surface area contributed by atoms with Crippen LogP contribution >= 0.6 is 64.5 Å². The lowest BCUT2D eigenvalue weighted by atomic mass is 10.0. The van der Waals surface area contributed by atoms with Gasteiger partial charge in [-0.05, 0) is 79.6 Å². The van der Waals surface area contributed by atoms with E-state index >= 15 is 0 Å². The highest BCUT2D eigenvalue weighted by Crippen LogP contribution is 2.34. The molecule has 0 radical (unpaired) electrons. The second-order valence-electron chi connectivity index (χ2n) is 8.05. The molecule has 0 aliphatic rings. The SMILES string of the molecule is C=C(C)OO.C=CC(=C)OS.Cc1c(OS)ccc2c(OS)cccc12.Cc1cc(OS)cc2cccc(OS)c12. The summed E-state index contributed by atoms with van der Waals surface area (Å²) in [6, 6.07) is 19.2. The van der Waals surface area contributed by atoms with Crippen LogP contribution in [0.3, 0.4) is 0 Å². The Morgan fingerprint density at radius 1 is 0.756 bits per heavy atom. The fraction of sp³-hybridized carbons (Fsp3) is 0.103. The first kappa shape index (κ1) is 36.2. The molecule has 0 saturated carbocycles. The van der Waals surface area contributed by atoms with E-state index in [4.69, 9.17) is 22.0 Å². The molecule has 220 valence electrons. The predicted octanol–water partition coefficient (Wildman–Crippen LogP) is 9.75. The summed E-state index contributed by atoms with van der Waals surface area (Å²) < 4.78 is 24.2. The first-order valence-electron chi connectivity index (χ1n) is 11.5. The van der Waals surface area contributed by atoms with E-state index < -0.39 is 0 Å². The molecule has 0 saturated heterocycles. The van der Waals surface area contributed by atoms with Gasteiger partial charge in [0.1, 0.15) is 34.5 Å². The molecule has 0 amide bonds. The lowest BCUT2D eigenvalue weighted by Crippen LogP contribution is -1.86. The summed E-state index contributed by atoms with van der Waals surface area (Å²) in [7, 11) is 0. The van der Waals surface area contributed by atoms with Gasteiger partial charge in [-0.25, -0.2) is 5.26 Å². The van der Waals surface area contributed by atoms with Gasteiger partial charge in [-0.2, -0.15) is 0 Å². The Morgan fingerprint density at radius 3 is 1.83 bits per heavy atom. The van der Waals surface area contributed by atoms with Gasteiger partial charge in [-0.15, -0.1) is 0 Å². The summed E-state index contributed by atoms with van der Waals surface area (Å²) in [6.07, 6.45) is 1.48. The van der Waals surface area contributed by atoms with E-state index in [1.807, 2.05) is 74.5 Å². The molecule has 0 aliphatic carbocycles. The molecule has 0 aromatic heterocycles. The minimum atomic E-state index is 0.310. The third-order valence-electron chi connectivity index (χ3n) is 5.25. The molecule has 0 unspecified atom stereocenters. The zero-order valence-electron chi connectivity index (χ0n) is 22.6. The minimum Gasteiger partial charge on any atom is -0.430 e. The molecule has 0 heterocycles. The normalized spacial score (nSPS) is 9.39. The molecule has 0 bridgehead atoms. The van der Waals surface area contributed by atoms with Crippen LogP contribution in [0.2, 0.25) is 0 Å². The van der Waals surface area contributed by atoms with Gasteiger partial charge in [0.05, 0.1) is 0 Å². The van der Waals surface area contributed by atoms with Crippen LogP contribution in [0.15, 0.2) is 98.0 Å². The number of aryl methyl sites for hydroxylation is 2. The second kappa shape index (κ2) is 19.3. The smallest absolute Gasteiger partial charge is 0.145 e. The third kappa shape index (κ3) is 11.1. The van der Waals surface area contributed by atoms with Gasteiger partial charge in [0.15, 0.2) is 0 Å². The van der Waals surface area contributed by atoms with Crippen LogP contribution in [-0.4, -0.2) is 5.26 Å². The average Bonchev–Trinajstić information content (AvgIpc) is 3.00. The average molecular weight is 653 g/mol. The molecule has 0 atom stereocenters. The fourth-order valence-corrected chi connectivity index (χ4v) is 4.06. The second-order valence-corrected chi connectivity index (χ2v) is 8.97. The summed E-state index contributed by atoms with van der Waals surface area (Å²) in [5.41, 5.74) is 2.11. The quantitative estimate of drug-likeness (QED) is 0.0297. The molecular weight excluding hydrogens is 621 g/mol. The topological polar surface area (TPSA) is 75.6 Å². The highest BCUT2D eigenvalue weighted by molar-refractivity contribution is 7.76. The van der Waals surface area contributed by atoms with Crippen molar-refractivity contribution in [1.29, 1.82) is 0 Å². The van der Waals surface area contributed by atoms with E-state index in [1.54, 1.807) is 6.92 Å². The molecule has 41 heavy (non-hydrogen) atoms. The van der Waals surface area contributed by atoms with Crippen molar-refractivity contribution < 1.29 is 31.1 Å². The Labute approximate surface area is 268 Å². The number of allylic oxidation sites excluding steroid dienone is 2. The van der Waals surface area contributed by atoms with Crippen LogP contribution in [0.5, 0.6) is 23.0 Å². The van der Waals surface area contributed by atoms with E-state index in [-0.39, 0.29) is 0 Å². The number of fused-ring (bicyclic) bond motifs is 2. The molecule has 4 aromatic rings. The van der Waals surface area contributed by atoms with Gasteiger partial charge in [-0.1, -0.05) is 44.0 Å². The number of hydrogen-bond acceptors (Lipinski definition) is 12. The maximum atomic E-state index is 7.54. The van der Waals surface area contributed by atoms with Gasteiger partial charge >= 0.3 is 0 Å². The first-order chi connectivity index (χ1) is 19.6. The van der Waals surface area contributed by atoms with Crippen LogP contribution in [-0.2, 0) is 9.07 Å². The van der Waals surface area contributed by atoms with Crippen molar-refractivity contribution in [2.24, 2.45) is 0 Å². The van der Waals surface area contributed by atoms with Gasteiger partial charge in [0.2, 0.25) is 0 Å². The minimum absolute atomic E-state index is 0.310. The van der Waals surface area contributed by atoms with Crippen molar-refractivity contribution in [2.75, 3.05) is 0 Å². The van der Waals surface area contributed by atoms with Gasteiger partial charge in [0.25, 0.3) is 0 Å². The van der Waals surface area contributed by atoms with Crippen LogP contribution in [0.4, 0.5) is 0 Å². The van der Waals surface area contributed by atoms with E-state index in [2.05, 4.69) is 93.4 Å². The molecule has 0 aliphatic heterocycles. The molecule has 12 heteroatoms. The van der Waals surface area contributed by atoms with Crippen molar-refractivity contribution in [3.63, 3.8) is 0 Å². The number of thiol groups is 5. The summed E-state index contributed by atoms with van der Waals surface area (Å²) in [5, 5.41) is 11.7. The number of rotatable bonds is 7. The van der Waals surface area contributed by atoms with E-state index in [1.165, 1.54) is 6.08 Å². The highest BCUT2D eigenvalue weighted by Gasteiger charge is 2.08. The largest absolute Gasteiger partial charge is 0.430 e. The maximum absolute atomic E-state index is 7.54. The monoisotopic (exact) mass is 652 g/mol. The number of benzene rings is 4. The summed E-state index contributed by atoms with van der Waals surface area (Å²) >= 11 is 18.7. The molecule has 4 rings (SSSR count). The van der Waals surface area contributed by atoms with Gasteiger partial charge in [-0.3, -0.25) is 0 Å². The predicted molar refractivity (Wildman–Crippen MR) is 184 cm³/mol. The van der Waals surface area contributed by atoms with E-state index in [9.17, 15) is 0 Å². The Balaban J connectivity index is 0.000000304. The van der Waals surface area contributed by atoms with Crippen LogP contribution < -0.4 is 16.7 Å². The van der Waals surface area contributed by atoms with Crippen molar-refractivity contribution in [1.82, 2.24) is 0 Å². The zero-order chi connectivity index (χ0) is 30.9. The molecule has 1 N–H and O–H groups in total. The Hall–Kier alpha value is -2.87. The molecule has 0 spiro atoms. The van der Waals surface area contributed by atoms with Crippen LogP contribution in [0.1, 0.15) is 18.1 Å². The van der Waals surface area contributed by atoms with Crippen molar-refractivity contribution in [3.8, 4) is 23.0 Å². The van der Waals surface area contributed by atoms with E-state index in [0.29, 0.717) is 11.5 Å². The Morgan fingerprint density at radius 2 is 1.34 bits per heavy atom. The third-order valence-corrected chi connectivity index (χ3v) is 6.29. The zero-order valence-corrected chi connectivity index (χ0v) is 27.1. The summed E-state index contributed by atoms with van der Waals surface area (Å²) in [5.74, 6) is 3.74. The number of hydrogen-bond donors (Lipinski definition) is 6. The van der Waals surface area contributed by atoms with Crippen molar-refractivity contribution >= 4 is 86.1 Å². The Bertz CT molecular complexity index is 1460. The van der Waals surface area contributed by atoms with E-state index in [0.717, 1.165) is 55.7 Å². The highest BCUT2D eigenvalue weighted by atomic mass is 32.1.